The van der Waals surface area contributed by atoms with Crippen LogP contribution in [0.25, 0.3) is 0 Å². The number of benzene rings is 1. The molecule has 0 fully saturated rings. The Kier molecular flexibility index (Phi) is 3.20. The lowest BCUT2D eigenvalue weighted by atomic mass is 9.80. The molecule has 16 heavy (non-hydrogen) atoms. The number of ether oxygens (including phenoxy) is 1. The molecule has 0 spiro atoms. The average molecular weight is 220 g/mol. The summed E-state index contributed by atoms with van der Waals surface area (Å²) < 4.78 is 5.67. The summed E-state index contributed by atoms with van der Waals surface area (Å²) in [5, 5.41) is 10.1. The van der Waals surface area contributed by atoms with Gasteiger partial charge in [0.1, 0.15) is 5.75 Å². The number of aliphatic hydroxyl groups is 1. The maximum absolute atomic E-state index is 10.1. The quantitative estimate of drug-likeness (QED) is 0.828. The molecule has 2 heteroatoms. The molecule has 0 radical (unpaired) electrons. The molecule has 1 aromatic rings. The third-order valence-corrected chi connectivity index (χ3v) is 3.46. The summed E-state index contributed by atoms with van der Waals surface area (Å²) in [5.41, 5.74) is 3.50. The first kappa shape index (κ1) is 11.5. The third kappa shape index (κ3) is 1.82. The van der Waals surface area contributed by atoms with Crippen LogP contribution in [0.1, 0.15) is 55.4 Å². The van der Waals surface area contributed by atoms with Gasteiger partial charge in [0, 0.05) is 5.56 Å². The highest BCUT2D eigenvalue weighted by Gasteiger charge is 2.27. The number of aryl methyl sites for hydroxylation is 1. The molecule has 1 aliphatic carbocycles. The fourth-order valence-electron chi connectivity index (χ4n) is 2.65. The van der Waals surface area contributed by atoms with Crippen LogP contribution in [0.2, 0.25) is 0 Å². The lowest BCUT2D eigenvalue weighted by Gasteiger charge is -2.30. The third-order valence-electron chi connectivity index (χ3n) is 3.46. The smallest absolute Gasteiger partial charge is 0.123 e. The van der Waals surface area contributed by atoms with Crippen LogP contribution in [0, 0.1) is 6.92 Å². The zero-order valence-corrected chi connectivity index (χ0v) is 10.3. The maximum atomic E-state index is 10.1. The molecule has 2 atom stereocenters. The van der Waals surface area contributed by atoms with Crippen molar-refractivity contribution in [1.29, 1.82) is 0 Å². The van der Waals surface area contributed by atoms with Crippen molar-refractivity contribution in [3.63, 3.8) is 0 Å². The summed E-state index contributed by atoms with van der Waals surface area (Å²) in [5.74, 6) is 1.44. The van der Waals surface area contributed by atoms with Gasteiger partial charge in [0.25, 0.3) is 0 Å². The lowest BCUT2D eigenvalue weighted by molar-refractivity contribution is 0.149. The molecule has 0 amide bonds. The molecule has 1 aliphatic rings. The van der Waals surface area contributed by atoms with Gasteiger partial charge in [0.2, 0.25) is 0 Å². The van der Waals surface area contributed by atoms with Gasteiger partial charge in [-0.2, -0.15) is 0 Å². The second kappa shape index (κ2) is 4.46. The van der Waals surface area contributed by atoms with Gasteiger partial charge >= 0.3 is 0 Å². The predicted molar refractivity (Wildman–Crippen MR) is 65.0 cm³/mol. The predicted octanol–water partition coefficient (Wildman–Crippen LogP) is 3.32. The van der Waals surface area contributed by atoms with Crippen LogP contribution < -0.4 is 4.74 Å². The van der Waals surface area contributed by atoms with Crippen LogP contribution in [0.4, 0.5) is 0 Å². The van der Waals surface area contributed by atoms with Crippen molar-refractivity contribution in [3.05, 3.63) is 28.8 Å². The van der Waals surface area contributed by atoms with Crippen molar-refractivity contribution in [2.75, 3.05) is 6.61 Å². The van der Waals surface area contributed by atoms with E-state index in [1.165, 1.54) is 11.1 Å². The highest BCUT2D eigenvalue weighted by atomic mass is 16.5. The summed E-state index contributed by atoms with van der Waals surface area (Å²) >= 11 is 0. The second-order valence-electron chi connectivity index (χ2n) is 4.64. The number of hydrogen-bond acceptors (Lipinski definition) is 2. The largest absolute Gasteiger partial charge is 0.494 e. The Labute approximate surface area is 97.3 Å². The number of hydrogen-bond donors (Lipinski definition) is 1. The van der Waals surface area contributed by atoms with Gasteiger partial charge in [-0.1, -0.05) is 13.0 Å². The minimum Gasteiger partial charge on any atom is -0.494 e. The van der Waals surface area contributed by atoms with Crippen molar-refractivity contribution >= 4 is 0 Å². The molecule has 1 unspecified atom stereocenters. The van der Waals surface area contributed by atoms with Crippen molar-refractivity contribution in [2.45, 2.75) is 45.6 Å². The highest BCUT2D eigenvalue weighted by Crippen LogP contribution is 2.43. The number of fused-ring (bicyclic) bond motifs is 1. The monoisotopic (exact) mass is 220 g/mol. The number of aliphatic hydroxyl groups excluding tert-OH is 1. The highest BCUT2D eigenvalue weighted by molar-refractivity contribution is 5.49. The molecular weight excluding hydrogens is 200 g/mol. The van der Waals surface area contributed by atoms with Gasteiger partial charge in [-0.05, 0) is 49.8 Å². The molecular formula is C14H20O2. The average Bonchev–Trinajstić information content (AvgIpc) is 2.26. The summed E-state index contributed by atoms with van der Waals surface area (Å²) in [6, 6.07) is 4.08. The maximum Gasteiger partial charge on any atom is 0.123 e. The van der Waals surface area contributed by atoms with Gasteiger partial charge in [-0.25, -0.2) is 0 Å². The molecule has 0 aliphatic heterocycles. The van der Waals surface area contributed by atoms with Crippen LogP contribution in [-0.2, 0) is 0 Å². The number of rotatable bonds is 2. The zero-order chi connectivity index (χ0) is 11.7. The van der Waals surface area contributed by atoms with Crippen molar-refractivity contribution in [1.82, 2.24) is 0 Å². The molecule has 88 valence electrons. The van der Waals surface area contributed by atoms with E-state index < -0.39 is 0 Å². The van der Waals surface area contributed by atoms with Crippen LogP contribution in [-0.4, -0.2) is 11.7 Å². The Bertz CT molecular complexity index is 385. The van der Waals surface area contributed by atoms with E-state index in [-0.39, 0.29) is 6.10 Å². The first-order chi connectivity index (χ1) is 7.65. The van der Waals surface area contributed by atoms with Gasteiger partial charge < -0.3 is 9.84 Å². The molecule has 0 saturated heterocycles. The van der Waals surface area contributed by atoms with E-state index in [9.17, 15) is 5.11 Å². The Morgan fingerprint density at radius 1 is 1.31 bits per heavy atom. The van der Waals surface area contributed by atoms with E-state index in [2.05, 4.69) is 13.8 Å². The summed E-state index contributed by atoms with van der Waals surface area (Å²) in [6.07, 6.45) is 1.59. The molecule has 1 N–H and O–H groups in total. The molecule has 1 aromatic carbocycles. The van der Waals surface area contributed by atoms with Gasteiger partial charge in [-0.3, -0.25) is 0 Å². The standard InChI is InChI=1S/C14H20O2/c1-4-16-12-8-6-9(2)13-11(15)7-5-10(3)14(12)13/h6,8,10-11,15H,4-5,7H2,1-3H3/t10?,11-/m1/s1. The van der Waals surface area contributed by atoms with Gasteiger partial charge in [-0.15, -0.1) is 0 Å². The minimum atomic E-state index is -0.313. The van der Waals surface area contributed by atoms with Crippen molar-refractivity contribution in [3.8, 4) is 5.75 Å². The van der Waals surface area contributed by atoms with Crippen molar-refractivity contribution in [2.24, 2.45) is 0 Å². The first-order valence-electron chi connectivity index (χ1n) is 6.09. The van der Waals surface area contributed by atoms with Crippen LogP contribution in [0.3, 0.4) is 0 Å². The zero-order valence-electron chi connectivity index (χ0n) is 10.3. The fourth-order valence-corrected chi connectivity index (χ4v) is 2.65. The lowest BCUT2D eigenvalue weighted by Crippen LogP contribution is -2.15. The van der Waals surface area contributed by atoms with E-state index in [0.717, 1.165) is 24.2 Å². The topological polar surface area (TPSA) is 29.5 Å². The van der Waals surface area contributed by atoms with Crippen LogP contribution in [0.5, 0.6) is 5.75 Å². The minimum absolute atomic E-state index is 0.313. The fraction of sp³-hybridized carbons (Fsp3) is 0.571. The normalized spacial score (nSPS) is 24.0. The van der Waals surface area contributed by atoms with Gasteiger partial charge in [0.05, 0.1) is 12.7 Å². The van der Waals surface area contributed by atoms with E-state index in [4.69, 9.17) is 4.74 Å². The summed E-state index contributed by atoms with van der Waals surface area (Å²) in [6.45, 7) is 6.96. The molecule has 0 heterocycles. The van der Waals surface area contributed by atoms with E-state index in [0.29, 0.717) is 12.5 Å². The Morgan fingerprint density at radius 2 is 2.06 bits per heavy atom. The second-order valence-corrected chi connectivity index (χ2v) is 4.64. The molecule has 0 saturated carbocycles. The molecule has 0 aromatic heterocycles. The van der Waals surface area contributed by atoms with Gasteiger partial charge in [0.15, 0.2) is 0 Å². The summed E-state index contributed by atoms with van der Waals surface area (Å²) in [7, 11) is 0. The Balaban J connectivity index is 2.55. The summed E-state index contributed by atoms with van der Waals surface area (Å²) in [4.78, 5) is 0. The molecule has 2 nitrogen and oxygen atoms in total. The van der Waals surface area contributed by atoms with E-state index >= 15 is 0 Å². The van der Waals surface area contributed by atoms with E-state index in [1.807, 2.05) is 19.1 Å². The molecule has 0 bridgehead atoms. The Morgan fingerprint density at radius 3 is 2.75 bits per heavy atom. The molecule has 2 rings (SSSR count). The Hall–Kier alpha value is -1.02. The van der Waals surface area contributed by atoms with Crippen molar-refractivity contribution < 1.29 is 9.84 Å². The van der Waals surface area contributed by atoms with E-state index in [1.54, 1.807) is 0 Å². The van der Waals surface area contributed by atoms with Crippen LogP contribution >= 0.6 is 0 Å². The van der Waals surface area contributed by atoms with Crippen LogP contribution in [0.15, 0.2) is 12.1 Å². The first-order valence-corrected chi connectivity index (χ1v) is 6.09. The SMILES string of the molecule is CCOc1ccc(C)c2c1C(C)CC[C@H]2O.